The summed E-state index contributed by atoms with van der Waals surface area (Å²) in [7, 11) is 1.28. The van der Waals surface area contributed by atoms with E-state index in [1.807, 2.05) is 6.92 Å². The van der Waals surface area contributed by atoms with Crippen LogP contribution < -0.4 is 5.73 Å². The van der Waals surface area contributed by atoms with Crippen molar-refractivity contribution < 1.29 is 9.53 Å². The molecule has 0 aliphatic carbocycles. The van der Waals surface area contributed by atoms with Gasteiger partial charge in [-0.3, -0.25) is 0 Å². The van der Waals surface area contributed by atoms with Gasteiger partial charge in [-0.2, -0.15) is 5.10 Å². The summed E-state index contributed by atoms with van der Waals surface area (Å²) in [5.74, 6) is -0.129. The molecule has 0 aromatic carbocycles. The summed E-state index contributed by atoms with van der Waals surface area (Å²) in [6, 6.07) is 1.64. The van der Waals surface area contributed by atoms with E-state index >= 15 is 0 Å². The van der Waals surface area contributed by atoms with Gasteiger partial charge in [-0.25, -0.2) is 19.4 Å². The molecule has 94 valence electrons. The number of esters is 1. The molecule has 0 saturated heterocycles. The molecule has 0 unspecified atom stereocenters. The Morgan fingerprint density at radius 3 is 2.72 bits per heavy atom. The Bertz CT molecular complexity index is 605. The number of anilines is 1. The van der Waals surface area contributed by atoms with Gasteiger partial charge in [0.15, 0.2) is 5.82 Å². The number of carbonyl (C=O) groups excluding carboxylic acids is 1. The molecular weight excluding hydrogens is 234 g/mol. The third kappa shape index (κ3) is 1.90. The molecule has 0 spiro atoms. The summed E-state index contributed by atoms with van der Waals surface area (Å²) in [4.78, 5) is 19.3. The molecule has 0 aliphatic rings. The first-order valence-electron chi connectivity index (χ1n) is 5.28. The predicted molar refractivity (Wildman–Crippen MR) is 64.4 cm³/mol. The lowest BCUT2D eigenvalue weighted by atomic mass is 10.3. The van der Waals surface area contributed by atoms with Gasteiger partial charge in [0.05, 0.1) is 24.2 Å². The third-order valence-corrected chi connectivity index (χ3v) is 2.57. The van der Waals surface area contributed by atoms with E-state index in [-0.39, 0.29) is 5.82 Å². The zero-order valence-electron chi connectivity index (χ0n) is 10.3. The standard InChI is InChI=1S/C11H13N5O2/c1-6-9(12)7(2)16(15-6)8-4-5-13-10(14-8)11(17)18-3/h4-5H,12H2,1-3H3. The third-order valence-electron chi connectivity index (χ3n) is 2.57. The maximum atomic E-state index is 11.4. The molecule has 2 aromatic rings. The molecule has 0 aliphatic heterocycles. The maximum absolute atomic E-state index is 11.4. The first-order valence-corrected chi connectivity index (χ1v) is 5.28. The van der Waals surface area contributed by atoms with Crippen LogP contribution in [0.15, 0.2) is 12.3 Å². The Hall–Kier alpha value is -2.44. The zero-order valence-corrected chi connectivity index (χ0v) is 10.3. The monoisotopic (exact) mass is 247 g/mol. The summed E-state index contributed by atoms with van der Waals surface area (Å²) in [6.45, 7) is 3.64. The first kappa shape index (κ1) is 12.0. The minimum atomic E-state index is -0.591. The van der Waals surface area contributed by atoms with E-state index < -0.39 is 5.97 Å². The molecule has 0 bridgehead atoms. The number of ether oxygens (including phenoxy) is 1. The lowest BCUT2D eigenvalue weighted by Crippen LogP contribution is -2.11. The summed E-state index contributed by atoms with van der Waals surface area (Å²) in [5, 5.41) is 4.26. The summed E-state index contributed by atoms with van der Waals surface area (Å²) in [6.07, 6.45) is 1.47. The van der Waals surface area contributed by atoms with Gasteiger partial charge < -0.3 is 10.5 Å². The maximum Gasteiger partial charge on any atom is 0.376 e. The molecule has 0 amide bonds. The average molecular weight is 247 g/mol. The van der Waals surface area contributed by atoms with E-state index in [4.69, 9.17) is 5.73 Å². The van der Waals surface area contributed by atoms with Crippen molar-refractivity contribution in [3.63, 3.8) is 0 Å². The van der Waals surface area contributed by atoms with Crippen molar-refractivity contribution in [3.8, 4) is 5.82 Å². The van der Waals surface area contributed by atoms with E-state index in [2.05, 4.69) is 19.8 Å². The number of carbonyl (C=O) groups is 1. The number of rotatable bonds is 2. The smallest absolute Gasteiger partial charge is 0.376 e. The summed E-state index contributed by atoms with van der Waals surface area (Å²) >= 11 is 0. The first-order chi connectivity index (χ1) is 8.54. The number of aromatic nitrogens is 4. The normalized spacial score (nSPS) is 10.4. The second kappa shape index (κ2) is 4.44. The fraction of sp³-hybridized carbons (Fsp3) is 0.273. The van der Waals surface area contributed by atoms with Crippen LogP contribution in [0.4, 0.5) is 5.69 Å². The minimum absolute atomic E-state index is 0.0128. The van der Waals surface area contributed by atoms with Gasteiger partial charge in [-0.1, -0.05) is 0 Å². The van der Waals surface area contributed by atoms with Crippen LogP contribution in [-0.2, 0) is 4.74 Å². The molecule has 0 fully saturated rings. The quantitative estimate of drug-likeness (QED) is 0.782. The number of nitrogens with two attached hydrogens (primary N) is 1. The van der Waals surface area contributed by atoms with Crippen LogP contribution in [0, 0.1) is 13.8 Å². The van der Waals surface area contributed by atoms with Crippen LogP contribution in [0.3, 0.4) is 0 Å². The molecule has 2 aromatic heterocycles. The fourth-order valence-electron chi connectivity index (χ4n) is 1.53. The lowest BCUT2D eigenvalue weighted by Gasteiger charge is -2.04. The fourth-order valence-corrected chi connectivity index (χ4v) is 1.53. The number of nitrogen functional groups attached to an aromatic ring is 1. The number of aryl methyl sites for hydroxylation is 1. The van der Waals surface area contributed by atoms with E-state index in [0.29, 0.717) is 17.2 Å². The van der Waals surface area contributed by atoms with E-state index in [1.54, 1.807) is 17.7 Å². The highest BCUT2D eigenvalue weighted by molar-refractivity contribution is 5.85. The lowest BCUT2D eigenvalue weighted by molar-refractivity contribution is 0.0586. The molecule has 7 nitrogen and oxygen atoms in total. The van der Waals surface area contributed by atoms with Gasteiger partial charge in [-0.05, 0) is 13.8 Å². The van der Waals surface area contributed by atoms with Gasteiger partial charge in [0.25, 0.3) is 0 Å². The molecule has 18 heavy (non-hydrogen) atoms. The Labute approximate surface area is 104 Å². The van der Waals surface area contributed by atoms with Crippen LogP contribution >= 0.6 is 0 Å². The van der Waals surface area contributed by atoms with Crippen molar-refractivity contribution in [2.75, 3.05) is 12.8 Å². The van der Waals surface area contributed by atoms with Gasteiger partial charge in [0.2, 0.25) is 5.82 Å². The Morgan fingerprint density at radius 2 is 2.17 bits per heavy atom. The number of methoxy groups -OCH3 is 1. The van der Waals surface area contributed by atoms with Crippen molar-refractivity contribution in [3.05, 3.63) is 29.5 Å². The molecule has 0 saturated carbocycles. The van der Waals surface area contributed by atoms with Crippen LogP contribution in [0.2, 0.25) is 0 Å². The van der Waals surface area contributed by atoms with E-state index in [9.17, 15) is 4.79 Å². The van der Waals surface area contributed by atoms with Crippen LogP contribution in [0.5, 0.6) is 0 Å². The average Bonchev–Trinajstić information content (AvgIpc) is 2.66. The second-order valence-electron chi connectivity index (χ2n) is 3.73. The van der Waals surface area contributed by atoms with Gasteiger partial charge >= 0.3 is 5.97 Å². The molecule has 2 rings (SSSR count). The zero-order chi connectivity index (χ0) is 13.3. The Kier molecular flexibility index (Phi) is 2.97. The number of hydrogen-bond donors (Lipinski definition) is 1. The highest BCUT2D eigenvalue weighted by Gasteiger charge is 2.14. The molecular formula is C11H13N5O2. The van der Waals surface area contributed by atoms with Crippen molar-refractivity contribution in [1.82, 2.24) is 19.7 Å². The minimum Gasteiger partial charge on any atom is -0.463 e. The summed E-state index contributed by atoms with van der Waals surface area (Å²) in [5.41, 5.74) is 7.93. The SMILES string of the molecule is COC(=O)c1nccc(-n2nc(C)c(N)c2C)n1. The Balaban J connectivity index is 2.51. The Morgan fingerprint density at radius 1 is 1.44 bits per heavy atom. The van der Waals surface area contributed by atoms with Crippen molar-refractivity contribution in [2.45, 2.75) is 13.8 Å². The summed E-state index contributed by atoms with van der Waals surface area (Å²) < 4.78 is 6.14. The molecule has 7 heteroatoms. The van der Waals surface area contributed by atoms with Crippen LogP contribution in [-0.4, -0.2) is 32.8 Å². The van der Waals surface area contributed by atoms with Crippen molar-refractivity contribution in [1.29, 1.82) is 0 Å². The largest absolute Gasteiger partial charge is 0.463 e. The predicted octanol–water partition coefficient (Wildman–Crippen LogP) is 0.648. The van der Waals surface area contributed by atoms with Gasteiger partial charge in [-0.15, -0.1) is 0 Å². The van der Waals surface area contributed by atoms with Gasteiger partial charge in [0, 0.05) is 12.3 Å². The highest BCUT2D eigenvalue weighted by Crippen LogP contribution is 2.18. The van der Waals surface area contributed by atoms with Crippen LogP contribution in [0.25, 0.3) is 5.82 Å². The molecule has 2 N–H and O–H groups in total. The number of hydrogen-bond acceptors (Lipinski definition) is 6. The molecule has 0 radical (unpaired) electrons. The van der Waals surface area contributed by atoms with E-state index in [0.717, 1.165) is 5.69 Å². The highest BCUT2D eigenvalue weighted by atomic mass is 16.5. The number of nitrogens with zero attached hydrogens (tertiary/aromatic N) is 4. The second-order valence-corrected chi connectivity index (χ2v) is 3.73. The van der Waals surface area contributed by atoms with Crippen molar-refractivity contribution >= 4 is 11.7 Å². The molecule has 2 heterocycles. The topological polar surface area (TPSA) is 95.9 Å². The van der Waals surface area contributed by atoms with E-state index in [1.165, 1.54) is 13.3 Å². The van der Waals surface area contributed by atoms with Crippen molar-refractivity contribution in [2.24, 2.45) is 0 Å². The molecule has 0 atom stereocenters. The van der Waals surface area contributed by atoms with Crippen LogP contribution in [0.1, 0.15) is 22.0 Å². The van der Waals surface area contributed by atoms with Gasteiger partial charge in [0.1, 0.15) is 0 Å².